The second-order valence-electron chi connectivity index (χ2n) is 3.32. The number of para-hydroxylation sites is 1. The lowest BCUT2D eigenvalue weighted by molar-refractivity contribution is -0.362. The summed E-state index contributed by atoms with van der Waals surface area (Å²) >= 11 is 0. The number of hydrogen-bond donors (Lipinski definition) is 0. The molecule has 0 amide bonds. The fraction of sp³-hybridized carbons (Fsp3) is 0.250. The Hall–Kier alpha value is -2.37. The first-order chi connectivity index (χ1) is 8.60. The van der Waals surface area contributed by atoms with Crippen LogP contribution in [0, 0.1) is 5.21 Å². The van der Waals surface area contributed by atoms with E-state index in [2.05, 4.69) is 9.47 Å². The molecular weight excluding hydrogens is 238 g/mol. The summed E-state index contributed by atoms with van der Waals surface area (Å²) in [6.45, 7) is 0. The summed E-state index contributed by atoms with van der Waals surface area (Å²) in [4.78, 5) is 22.6. The zero-order chi connectivity index (χ0) is 13.5. The normalized spacial score (nSPS) is 11.4. The van der Waals surface area contributed by atoms with Crippen LogP contribution in [-0.4, -0.2) is 36.6 Å². The van der Waals surface area contributed by atoms with E-state index in [1.807, 2.05) is 0 Å². The van der Waals surface area contributed by atoms with Crippen LogP contribution in [0.4, 0.5) is 5.69 Å². The molecule has 1 aromatic rings. The molecule has 0 atom stereocenters. The third kappa shape index (κ3) is 3.31. The molecule has 0 fully saturated rings. The summed E-state index contributed by atoms with van der Waals surface area (Å²) in [6.07, 6.45) is -0.443. The standard InChI is InChI=1S/C12H13NO5/c1-17-11(14)8-10(12(15)18-2)13(16)9-6-4-3-5-7-9/h3-7H,8H2,1-2H3/b13-10+. The number of benzene rings is 1. The van der Waals surface area contributed by atoms with Gasteiger partial charge in [-0.3, -0.25) is 4.79 Å². The lowest BCUT2D eigenvalue weighted by atomic mass is 10.2. The number of methoxy groups -OCH3 is 2. The van der Waals surface area contributed by atoms with Gasteiger partial charge in [0.1, 0.15) is 6.42 Å². The highest BCUT2D eigenvalue weighted by atomic mass is 16.5. The van der Waals surface area contributed by atoms with Crippen molar-refractivity contribution in [1.82, 2.24) is 0 Å². The second-order valence-corrected chi connectivity index (χ2v) is 3.32. The Labute approximate surface area is 104 Å². The van der Waals surface area contributed by atoms with Gasteiger partial charge in [-0.25, -0.2) is 4.79 Å². The van der Waals surface area contributed by atoms with Gasteiger partial charge in [0, 0.05) is 12.1 Å². The number of nitrogens with zero attached hydrogens (tertiary/aromatic N) is 1. The van der Waals surface area contributed by atoms with Gasteiger partial charge in [0.15, 0.2) is 0 Å². The van der Waals surface area contributed by atoms with E-state index < -0.39 is 18.4 Å². The molecule has 6 heteroatoms. The Morgan fingerprint density at radius 2 is 1.78 bits per heavy atom. The van der Waals surface area contributed by atoms with Crippen LogP contribution in [-0.2, 0) is 19.1 Å². The highest BCUT2D eigenvalue weighted by molar-refractivity contribution is 6.37. The van der Waals surface area contributed by atoms with E-state index in [-0.39, 0.29) is 11.4 Å². The maximum Gasteiger partial charge on any atom is 0.400 e. The summed E-state index contributed by atoms with van der Waals surface area (Å²) in [6, 6.07) is 8.07. The molecule has 0 spiro atoms. The molecule has 0 saturated heterocycles. The maximum atomic E-state index is 12.0. The van der Waals surface area contributed by atoms with Crippen molar-refractivity contribution in [3.05, 3.63) is 35.5 Å². The van der Waals surface area contributed by atoms with Crippen molar-refractivity contribution in [2.75, 3.05) is 14.2 Å². The van der Waals surface area contributed by atoms with Crippen LogP contribution in [0.2, 0.25) is 0 Å². The number of carbonyl (C=O) groups excluding carboxylic acids is 2. The van der Waals surface area contributed by atoms with Crippen molar-refractivity contribution >= 4 is 23.3 Å². The predicted molar refractivity (Wildman–Crippen MR) is 63.4 cm³/mol. The minimum atomic E-state index is -0.862. The average Bonchev–Trinajstić information content (AvgIpc) is 2.43. The lowest BCUT2D eigenvalue weighted by Gasteiger charge is -2.08. The highest BCUT2D eigenvalue weighted by Crippen LogP contribution is 2.11. The van der Waals surface area contributed by atoms with Crippen LogP contribution >= 0.6 is 0 Å². The molecule has 6 nitrogen and oxygen atoms in total. The van der Waals surface area contributed by atoms with E-state index in [9.17, 15) is 14.8 Å². The van der Waals surface area contributed by atoms with E-state index in [4.69, 9.17) is 0 Å². The van der Waals surface area contributed by atoms with Crippen LogP contribution in [0.15, 0.2) is 30.3 Å². The van der Waals surface area contributed by atoms with Crippen molar-refractivity contribution in [2.45, 2.75) is 6.42 Å². The molecule has 0 aromatic heterocycles. The van der Waals surface area contributed by atoms with Gasteiger partial charge in [0.05, 0.1) is 14.2 Å². The fourth-order valence-electron chi connectivity index (χ4n) is 1.27. The van der Waals surface area contributed by atoms with Gasteiger partial charge in [-0.2, -0.15) is 4.74 Å². The van der Waals surface area contributed by atoms with Crippen molar-refractivity contribution in [2.24, 2.45) is 0 Å². The van der Waals surface area contributed by atoms with Gasteiger partial charge < -0.3 is 14.7 Å². The second kappa shape index (κ2) is 6.39. The Morgan fingerprint density at radius 1 is 1.17 bits per heavy atom. The monoisotopic (exact) mass is 251 g/mol. The molecule has 0 aliphatic carbocycles. The first kappa shape index (κ1) is 13.7. The van der Waals surface area contributed by atoms with E-state index in [1.165, 1.54) is 19.2 Å². The predicted octanol–water partition coefficient (Wildman–Crippen LogP) is 1.01. The van der Waals surface area contributed by atoms with Crippen molar-refractivity contribution < 1.29 is 23.8 Å². The number of hydrogen-bond acceptors (Lipinski definition) is 5. The minimum absolute atomic E-state index is 0.238. The molecule has 0 N–H and O–H groups in total. The molecule has 18 heavy (non-hydrogen) atoms. The van der Waals surface area contributed by atoms with Gasteiger partial charge in [-0.05, 0) is 0 Å². The largest absolute Gasteiger partial charge is 0.618 e. The first-order valence-corrected chi connectivity index (χ1v) is 5.13. The van der Waals surface area contributed by atoms with Gasteiger partial charge in [-0.1, -0.05) is 18.2 Å². The molecular formula is C12H13NO5. The molecule has 0 aliphatic heterocycles. The third-order valence-electron chi connectivity index (χ3n) is 2.20. The van der Waals surface area contributed by atoms with E-state index >= 15 is 0 Å². The van der Waals surface area contributed by atoms with Crippen LogP contribution in [0.1, 0.15) is 6.42 Å². The van der Waals surface area contributed by atoms with Gasteiger partial charge >= 0.3 is 11.9 Å². The van der Waals surface area contributed by atoms with Gasteiger partial charge in [-0.15, -0.1) is 0 Å². The Kier molecular flexibility index (Phi) is 4.86. The minimum Gasteiger partial charge on any atom is -0.618 e. The Morgan fingerprint density at radius 3 is 2.28 bits per heavy atom. The molecule has 0 heterocycles. The highest BCUT2D eigenvalue weighted by Gasteiger charge is 2.26. The Bertz CT molecular complexity index is 467. The molecule has 1 aromatic carbocycles. The zero-order valence-corrected chi connectivity index (χ0v) is 10.1. The molecule has 1 rings (SSSR count). The molecule has 0 radical (unpaired) electrons. The Balaban J connectivity index is 3.15. The molecule has 0 saturated carbocycles. The van der Waals surface area contributed by atoms with Crippen molar-refractivity contribution in [3.8, 4) is 0 Å². The van der Waals surface area contributed by atoms with Crippen molar-refractivity contribution in [3.63, 3.8) is 0 Å². The van der Waals surface area contributed by atoms with Crippen molar-refractivity contribution in [1.29, 1.82) is 0 Å². The SMILES string of the molecule is COC(=O)C/C(C(=O)OC)=[N+](\[O-])c1ccccc1. The van der Waals surface area contributed by atoms with Crippen LogP contribution < -0.4 is 0 Å². The quantitative estimate of drug-likeness (QED) is 0.262. The van der Waals surface area contributed by atoms with E-state index in [0.29, 0.717) is 4.74 Å². The van der Waals surface area contributed by atoms with Crippen LogP contribution in [0.5, 0.6) is 0 Å². The molecule has 0 unspecified atom stereocenters. The van der Waals surface area contributed by atoms with Gasteiger partial charge in [0.2, 0.25) is 5.69 Å². The number of carbonyl (C=O) groups is 2. The fourth-order valence-corrected chi connectivity index (χ4v) is 1.27. The zero-order valence-electron chi connectivity index (χ0n) is 10.1. The molecule has 96 valence electrons. The van der Waals surface area contributed by atoms with Gasteiger partial charge in [0.25, 0.3) is 5.71 Å². The summed E-state index contributed by atoms with van der Waals surface area (Å²) in [5.74, 6) is -1.55. The summed E-state index contributed by atoms with van der Waals surface area (Å²) < 4.78 is 9.27. The van der Waals surface area contributed by atoms with E-state index in [0.717, 1.165) is 7.11 Å². The molecule has 0 bridgehead atoms. The average molecular weight is 251 g/mol. The molecule has 0 aliphatic rings. The van der Waals surface area contributed by atoms with Crippen LogP contribution in [0.25, 0.3) is 0 Å². The topological polar surface area (TPSA) is 78.7 Å². The summed E-state index contributed by atoms with van der Waals surface area (Å²) in [7, 11) is 2.31. The van der Waals surface area contributed by atoms with E-state index in [1.54, 1.807) is 18.2 Å². The number of ether oxygens (including phenoxy) is 2. The number of esters is 2. The maximum absolute atomic E-state index is 12.0. The third-order valence-corrected chi connectivity index (χ3v) is 2.20. The first-order valence-electron chi connectivity index (χ1n) is 5.13. The van der Waals surface area contributed by atoms with Crippen LogP contribution in [0.3, 0.4) is 0 Å². The lowest BCUT2D eigenvalue weighted by Crippen LogP contribution is -2.27. The summed E-state index contributed by atoms with van der Waals surface area (Å²) in [5, 5.41) is 12.0. The summed E-state index contributed by atoms with van der Waals surface area (Å²) in [5.41, 5.74) is -0.0858. The smallest absolute Gasteiger partial charge is 0.400 e. The number of rotatable bonds is 4.